The maximum absolute atomic E-state index is 3.89. The second-order valence-electron chi connectivity index (χ2n) is 7.95. The Morgan fingerprint density at radius 2 is 0.933 bits per heavy atom. The Bertz CT molecular complexity index is 855. The highest BCUT2D eigenvalue weighted by Gasteiger charge is 2.17. The molecule has 0 unspecified atom stereocenters. The fraction of sp³-hybridized carbons (Fsp3) is 0.357. The summed E-state index contributed by atoms with van der Waals surface area (Å²) in [6, 6.07) is 22.2. The van der Waals surface area contributed by atoms with E-state index in [2.05, 4.69) is 106 Å². The quantitative estimate of drug-likeness (QED) is 0.364. The normalized spacial score (nSPS) is 11.0. The van der Waals surface area contributed by atoms with E-state index in [4.69, 9.17) is 0 Å². The third-order valence-corrected chi connectivity index (χ3v) is 5.99. The van der Waals surface area contributed by atoms with Crippen LogP contribution in [0.4, 0.5) is 11.4 Å². The van der Waals surface area contributed by atoms with Crippen LogP contribution in [0.15, 0.2) is 60.7 Å². The summed E-state index contributed by atoms with van der Waals surface area (Å²) >= 11 is 0. The van der Waals surface area contributed by atoms with Gasteiger partial charge in [-0.15, -0.1) is 0 Å². The molecule has 3 aromatic rings. The summed E-state index contributed by atoms with van der Waals surface area (Å²) in [7, 11) is 0. The van der Waals surface area contributed by atoms with Crippen LogP contribution in [0.1, 0.15) is 67.2 Å². The van der Waals surface area contributed by atoms with Crippen LogP contribution in [0.3, 0.4) is 0 Å². The number of hydrogen-bond acceptors (Lipinski definition) is 2. The minimum atomic E-state index is 0.00148. The fourth-order valence-electron chi connectivity index (χ4n) is 4.11. The van der Waals surface area contributed by atoms with Crippen molar-refractivity contribution in [2.45, 2.75) is 66.5 Å². The summed E-state index contributed by atoms with van der Waals surface area (Å²) in [4.78, 5) is 0. The Morgan fingerprint density at radius 1 is 0.567 bits per heavy atom. The van der Waals surface area contributed by atoms with Gasteiger partial charge in [-0.25, -0.2) is 0 Å². The Hall–Kier alpha value is -2.74. The van der Waals surface area contributed by atoms with Crippen molar-refractivity contribution in [3.8, 4) is 0 Å². The maximum Gasteiger partial charge on any atom is 0.123 e. The summed E-state index contributed by atoms with van der Waals surface area (Å²) in [6.07, 6.45) is 4.07. The molecule has 0 aliphatic carbocycles. The molecular weight excluding hydrogens is 364 g/mol. The molecule has 2 N–H and O–H groups in total. The first-order valence-corrected chi connectivity index (χ1v) is 11.4. The van der Waals surface area contributed by atoms with Gasteiger partial charge in [0.1, 0.15) is 6.17 Å². The van der Waals surface area contributed by atoms with Crippen molar-refractivity contribution in [1.82, 2.24) is 0 Å². The van der Waals surface area contributed by atoms with Gasteiger partial charge in [-0.3, -0.25) is 0 Å². The van der Waals surface area contributed by atoms with Crippen LogP contribution in [0.2, 0.25) is 0 Å². The molecule has 0 heterocycles. The minimum Gasteiger partial charge on any atom is -0.361 e. The zero-order valence-electron chi connectivity index (χ0n) is 19.2. The van der Waals surface area contributed by atoms with Crippen LogP contribution in [-0.4, -0.2) is 0 Å². The number of nitrogens with one attached hydrogen (secondary N) is 2. The van der Waals surface area contributed by atoms with Crippen LogP contribution in [0.5, 0.6) is 0 Å². The van der Waals surface area contributed by atoms with E-state index >= 15 is 0 Å². The van der Waals surface area contributed by atoms with E-state index in [1.807, 2.05) is 0 Å². The van der Waals surface area contributed by atoms with E-state index in [0.29, 0.717) is 0 Å². The molecule has 0 aliphatic heterocycles. The van der Waals surface area contributed by atoms with Crippen molar-refractivity contribution in [3.05, 3.63) is 94.0 Å². The van der Waals surface area contributed by atoms with Gasteiger partial charge in [0.2, 0.25) is 0 Å². The third-order valence-electron chi connectivity index (χ3n) is 5.99. The molecule has 0 amide bonds. The van der Waals surface area contributed by atoms with Gasteiger partial charge in [0, 0.05) is 11.4 Å². The van der Waals surface area contributed by atoms with Crippen LogP contribution in [0.25, 0.3) is 0 Å². The monoisotopic (exact) mass is 400 g/mol. The molecule has 2 heteroatoms. The number of para-hydroxylation sites is 2. The molecule has 0 saturated carbocycles. The summed E-state index contributed by atoms with van der Waals surface area (Å²) in [5.41, 5.74) is 10.5. The Morgan fingerprint density at radius 3 is 1.27 bits per heavy atom. The van der Waals surface area contributed by atoms with Gasteiger partial charge in [-0.05, 0) is 60.4 Å². The van der Waals surface area contributed by atoms with Gasteiger partial charge >= 0.3 is 0 Å². The van der Waals surface area contributed by atoms with Gasteiger partial charge in [-0.2, -0.15) is 0 Å². The second kappa shape index (κ2) is 10.3. The largest absolute Gasteiger partial charge is 0.361 e. The maximum atomic E-state index is 3.89. The molecule has 0 radical (unpaired) electrons. The van der Waals surface area contributed by atoms with Gasteiger partial charge in [0.05, 0.1) is 0 Å². The molecule has 158 valence electrons. The molecule has 0 bridgehead atoms. The van der Waals surface area contributed by atoms with E-state index < -0.39 is 0 Å². The number of aryl methyl sites for hydroxylation is 5. The van der Waals surface area contributed by atoms with Crippen molar-refractivity contribution in [3.63, 3.8) is 0 Å². The first-order valence-electron chi connectivity index (χ1n) is 11.4. The van der Waals surface area contributed by atoms with E-state index in [-0.39, 0.29) is 6.17 Å². The summed E-state index contributed by atoms with van der Waals surface area (Å²) < 4.78 is 0. The average Bonchev–Trinajstić information content (AvgIpc) is 2.79. The zero-order chi connectivity index (χ0) is 21.5. The van der Waals surface area contributed by atoms with Gasteiger partial charge in [-0.1, -0.05) is 93.9 Å². The molecular formula is C28H36N2. The van der Waals surface area contributed by atoms with Crippen molar-refractivity contribution in [2.75, 3.05) is 10.6 Å². The molecule has 2 nitrogen and oxygen atoms in total. The fourth-order valence-corrected chi connectivity index (χ4v) is 4.11. The first-order chi connectivity index (χ1) is 14.6. The van der Waals surface area contributed by atoms with Crippen LogP contribution < -0.4 is 10.6 Å². The smallest absolute Gasteiger partial charge is 0.123 e. The Kier molecular flexibility index (Phi) is 7.57. The Labute approximate surface area is 182 Å². The van der Waals surface area contributed by atoms with E-state index in [0.717, 1.165) is 25.7 Å². The van der Waals surface area contributed by atoms with Gasteiger partial charge in [0.15, 0.2) is 0 Å². The molecule has 0 aliphatic rings. The molecule has 30 heavy (non-hydrogen) atoms. The minimum absolute atomic E-state index is 0.00148. The number of benzene rings is 3. The molecule has 0 spiro atoms. The lowest BCUT2D eigenvalue weighted by Gasteiger charge is -2.28. The van der Waals surface area contributed by atoms with Crippen molar-refractivity contribution in [2.24, 2.45) is 0 Å². The van der Waals surface area contributed by atoms with Crippen LogP contribution >= 0.6 is 0 Å². The van der Waals surface area contributed by atoms with E-state index in [9.17, 15) is 0 Å². The van der Waals surface area contributed by atoms with E-state index in [1.165, 1.54) is 44.8 Å². The van der Waals surface area contributed by atoms with Crippen LogP contribution in [0, 0.1) is 6.92 Å². The standard InChI is InChI=1S/C28H36N2/c1-6-21-12-10-13-22(7-2)26(21)29-28(25-18-16-20(5)17-19-25)30-27-23(8-3)14-11-15-24(27)9-4/h10-19,28-30H,6-9H2,1-5H3. The summed E-state index contributed by atoms with van der Waals surface area (Å²) in [5, 5.41) is 7.79. The summed E-state index contributed by atoms with van der Waals surface area (Å²) in [6.45, 7) is 11.1. The molecule has 0 saturated heterocycles. The molecule has 3 rings (SSSR count). The SMILES string of the molecule is CCc1cccc(CC)c1NC(Nc1c(CC)cccc1CC)c1ccc(C)cc1. The summed E-state index contributed by atoms with van der Waals surface area (Å²) in [5.74, 6) is 0. The van der Waals surface area contributed by atoms with Crippen molar-refractivity contribution >= 4 is 11.4 Å². The van der Waals surface area contributed by atoms with Crippen molar-refractivity contribution in [1.29, 1.82) is 0 Å². The number of hydrogen-bond donors (Lipinski definition) is 2. The predicted molar refractivity (Wildman–Crippen MR) is 132 cm³/mol. The second-order valence-corrected chi connectivity index (χ2v) is 7.95. The van der Waals surface area contributed by atoms with Crippen molar-refractivity contribution < 1.29 is 0 Å². The predicted octanol–water partition coefficient (Wildman–Crippen LogP) is 7.47. The lowest BCUT2D eigenvalue weighted by Crippen LogP contribution is -2.23. The molecule has 3 aromatic carbocycles. The molecule has 0 atom stereocenters. The molecule has 0 fully saturated rings. The highest BCUT2D eigenvalue weighted by atomic mass is 15.1. The lowest BCUT2D eigenvalue weighted by molar-refractivity contribution is 0.878. The highest BCUT2D eigenvalue weighted by molar-refractivity contribution is 5.63. The van der Waals surface area contributed by atoms with E-state index in [1.54, 1.807) is 0 Å². The topological polar surface area (TPSA) is 24.1 Å². The van der Waals surface area contributed by atoms with Crippen LogP contribution in [-0.2, 0) is 25.7 Å². The van der Waals surface area contributed by atoms with Gasteiger partial charge in [0.25, 0.3) is 0 Å². The number of rotatable bonds is 9. The average molecular weight is 401 g/mol. The third kappa shape index (κ3) is 4.87. The molecule has 0 aromatic heterocycles. The zero-order valence-corrected chi connectivity index (χ0v) is 19.2. The lowest BCUT2D eigenvalue weighted by atomic mass is 10.00. The van der Waals surface area contributed by atoms with Gasteiger partial charge < -0.3 is 10.6 Å². The Balaban J connectivity index is 2.07. The first kappa shape index (κ1) is 22.0. The highest BCUT2D eigenvalue weighted by Crippen LogP contribution is 2.31. The number of anilines is 2.